The van der Waals surface area contributed by atoms with Crippen molar-refractivity contribution in [3.05, 3.63) is 53.6 Å². The summed E-state index contributed by atoms with van der Waals surface area (Å²) in [5.74, 6) is -2.17. The predicted octanol–water partition coefficient (Wildman–Crippen LogP) is 3.10. The SMILES string of the molecule is CC[C@@H](C)NC(=O)C(=O)N/N=C\c1ccc(OCC(=O)Nc2ccccc2C(F)(F)F)c(OC)c1. The molecule has 3 amide bonds. The van der Waals surface area contributed by atoms with E-state index in [1.165, 1.54) is 43.7 Å². The molecule has 0 saturated carbocycles. The summed E-state index contributed by atoms with van der Waals surface area (Å²) in [5.41, 5.74) is 1.22. The Bertz CT molecular complexity index is 1090. The maximum absolute atomic E-state index is 13.1. The van der Waals surface area contributed by atoms with Crippen LogP contribution in [-0.4, -0.2) is 43.7 Å². The van der Waals surface area contributed by atoms with Crippen LogP contribution in [0.5, 0.6) is 11.5 Å². The van der Waals surface area contributed by atoms with Crippen molar-refractivity contribution in [3.8, 4) is 11.5 Å². The van der Waals surface area contributed by atoms with E-state index in [1.807, 2.05) is 6.92 Å². The number of methoxy groups -OCH3 is 1. The number of carbonyl (C=O) groups excluding carboxylic acids is 3. The molecule has 0 aliphatic rings. The number of hydrogen-bond acceptors (Lipinski definition) is 6. The molecule has 2 rings (SSSR count). The second-order valence-corrected chi connectivity index (χ2v) is 7.27. The van der Waals surface area contributed by atoms with Gasteiger partial charge in [0.05, 0.1) is 24.6 Å². The summed E-state index contributed by atoms with van der Waals surface area (Å²) in [6, 6.07) is 8.91. The van der Waals surface area contributed by atoms with Crippen LogP contribution in [0.2, 0.25) is 0 Å². The first-order chi connectivity index (χ1) is 16.5. The van der Waals surface area contributed by atoms with Gasteiger partial charge in [-0.25, -0.2) is 5.43 Å². The van der Waals surface area contributed by atoms with Crippen molar-refractivity contribution in [2.75, 3.05) is 19.0 Å². The molecule has 0 saturated heterocycles. The van der Waals surface area contributed by atoms with Gasteiger partial charge >= 0.3 is 18.0 Å². The van der Waals surface area contributed by atoms with Crippen LogP contribution >= 0.6 is 0 Å². The van der Waals surface area contributed by atoms with Crippen LogP contribution in [0.15, 0.2) is 47.6 Å². The summed E-state index contributed by atoms with van der Waals surface area (Å²) < 4.78 is 49.8. The van der Waals surface area contributed by atoms with Crippen LogP contribution < -0.4 is 25.5 Å². The van der Waals surface area contributed by atoms with Crippen LogP contribution in [0.25, 0.3) is 0 Å². The van der Waals surface area contributed by atoms with Gasteiger partial charge in [-0.1, -0.05) is 19.1 Å². The number of carbonyl (C=O) groups is 3. The average Bonchev–Trinajstić information content (AvgIpc) is 2.82. The Kier molecular flexibility index (Phi) is 9.62. The van der Waals surface area contributed by atoms with Gasteiger partial charge in [0.15, 0.2) is 18.1 Å². The maximum atomic E-state index is 13.1. The number of nitrogens with one attached hydrogen (secondary N) is 3. The van der Waals surface area contributed by atoms with Gasteiger partial charge in [0.1, 0.15) is 0 Å². The molecule has 188 valence electrons. The molecule has 2 aromatic carbocycles. The molecule has 0 unspecified atom stereocenters. The van der Waals surface area contributed by atoms with Crippen molar-refractivity contribution >= 4 is 29.6 Å². The highest BCUT2D eigenvalue weighted by Crippen LogP contribution is 2.34. The molecule has 0 aliphatic heterocycles. The fourth-order valence-corrected chi connectivity index (χ4v) is 2.66. The third-order valence-electron chi connectivity index (χ3n) is 4.63. The number of benzene rings is 2. The third kappa shape index (κ3) is 8.32. The molecule has 0 aromatic heterocycles. The fraction of sp³-hybridized carbons (Fsp3) is 0.304. The number of ether oxygens (including phenoxy) is 2. The number of nitrogens with zero attached hydrogens (tertiary/aromatic N) is 1. The van der Waals surface area contributed by atoms with E-state index >= 15 is 0 Å². The zero-order chi connectivity index (χ0) is 26.0. The molecule has 12 heteroatoms. The topological polar surface area (TPSA) is 118 Å². The van der Waals surface area contributed by atoms with Crippen molar-refractivity contribution in [1.29, 1.82) is 0 Å². The Morgan fingerprint density at radius 3 is 2.46 bits per heavy atom. The Morgan fingerprint density at radius 1 is 1.09 bits per heavy atom. The molecule has 0 fully saturated rings. The number of rotatable bonds is 9. The second-order valence-electron chi connectivity index (χ2n) is 7.27. The van der Waals surface area contributed by atoms with Gasteiger partial charge in [-0.15, -0.1) is 0 Å². The smallest absolute Gasteiger partial charge is 0.418 e. The Hall–Kier alpha value is -4.09. The lowest BCUT2D eigenvalue weighted by Crippen LogP contribution is -2.41. The molecule has 9 nitrogen and oxygen atoms in total. The van der Waals surface area contributed by atoms with Crippen LogP contribution in [-0.2, 0) is 20.6 Å². The number of para-hydroxylation sites is 1. The van der Waals surface area contributed by atoms with Gasteiger partial charge in [0.25, 0.3) is 5.91 Å². The summed E-state index contributed by atoms with van der Waals surface area (Å²) in [6.45, 7) is 3.05. The fourth-order valence-electron chi connectivity index (χ4n) is 2.66. The van der Waals surface area contributed by atoms with Crippen LogP contribution in [0.4, 0.5) is 18.9 Å². The van der Waals surface area contributed by atoms with Gasteiger partial charge in [0, 0.05) is 6.04 Å². The zero-order valence-corrected chi connectivity index (χ0v) is 19.2. The lowest BCUT2D eigenvalue weighted by molar-refractivity contribution is -0.139. The van der Waals surface area contributed by atoms with Gasteiger partial charge in [-0.05, 0) is 49.2 Å². The quantitative estimate of drug-likeness (QED) is 0.281. The molecule has 0 bridgehead atoms. The van der Waals surface area contributed by atoms with E-state index in [0.29, 0.717) is 12.0 Å². The number of alkyl halides is 3. The molecular weight excluding hydrogens is 469 g/mol. The number of hydrazone groups is 1. The van der Waals surface area contributed by atoms with E-state index in [9.17, 15) is 27.6 Å². The first kappa shape index (κ1) is 27.2. The van der Waals surface area contributed by atoms with Crippen LogP contribution in [0.3, 0.4) is 0 Å². The van der Waals surface area contributed by atoms with Crippen molar-refractivity contribution in [3.63, 3.8) is 0 Å². The molecule has 0 aliphatic carbocycles. The first-order valence-electron chi connectivity index (χ1n) is 10.5. The average molecular weight is 494 g/mol. The van der Waals surface area contributed by atoms with Crippen molar-refractivity contribution in [1.82, 2.24) is 10.7 Å². The predicted molar refractivity (Wildman–Crippen MR) is 122 cm³/mol. The minimum Gasteiger partial charge on any atom is -0.493 e. The third-order valence-corrected chi connectivity index (χ3v) is 4.63. The number of amides is 3. The van der Waals surface area contributed by atoms with Crippen molar-refractivity contribution in [2.24, 2.45) is 5.10 Å². The Morgan fingerprint density at radius 2 is 1.80 bits per heavy atom. The molecular formula is C23H25F3N4O5. The lowest BCUT2D eigenvalue weighted by Gasteiger charge is -2.14. The normalized spacial score (nSPS) is 12.1. The van der Waals surface area contributed by atoms with E-state index in [0.717, 1.165) is 12.1 Å². The summed E-state index contributed by atoms with van der Waals surface area (Å²) >= 11 is 0. The summed E-state index contributed by atoms with van der Waals surface area (Å²) in [5, 5.41) is 8.40. The molecule has 0 spiro atoms. The molecule has 35 heavy (non-hydrogen) atoms. The highest BCUT2D eigenvalue weighted by Gasteiger charge is 2.33. The summed E-state index contributed by atoms with van der Waals surface area (Å²) in [7, 11) is 1.35. The van der Waals surface area contributed by atoms with E-state index < -0.39 is 36.1 Å². The number of hydrogen-bond donors (Lipinski definition) is 3. The standard InChI is InChI=1S/C23H25F3N4O5/c1-4-14(2)28-21(32)22(33)30-27-12-15-9-10-18(19(11-15)34-3)35-13-20(31)29-17-8-6-5-7-16(17)23(24,25)26/h5-12,14H,4,13H2,1-3H3,(H,28,32)(H,29,31)(H,30,33)/b27-12-/t14-/m1/s1. The minimum atomic E-state index is -4.62. The van der Waals surface area contributed by atoms with E-state index in [4.69, 9.17) is 9.47 Å². The minimum absolute atomic E-state index is 0.154. The number of anilines is 1. The van der Waals surface area contributed by atoms with Gasteiger partial charge in [-0.3, -0.25) is 14.4 Å². The summed E-state index contributed by atoms with van der Waals surface area (Å²) in [4.78, 5) is 35.6. The van der Waals surface area contributed by atoms with E-state index in [-0.39, 0.29) is 23.2 Å². The second kappa shape index (κ2) is 12.4. The first-order valence-corrected chi connectivity index (χ1v) is 10.5. The Labute approximate surface area is 199 Å². The largest absolute Gasteiger partial charge is 0.493 e. The molecule has 0 radical (unpaired) electrons. The molecule has 2 aromatic rings. The zero-order valence-electron chi connectivity index (χ0n) is 19.2. The highest BCUT2D eigenvalue weighted by molar-refractivity contribution is 6.35. The van der Waals surface area contributed by atoms with Gasteiger partial charge < -0.3 is 20.1 Å². The van der Waals surface area contributed by atoms with Crippen molar-refractivity contribution < 1.29 is 37.0 Å². The molecule has 0 heterocycles. The molecule has 3 N–H and O–H groups in total. The van der Waals surface area contributed by atoms with Gasteiger partial charge in [-0.2, -0.15) is 18.3 Å². The van der Waals surface area contributed by atoms with Crippen molar-refractivity contribution in [2.45, 2.75) is 32.5 Å². The van der Waals surface area contributed by atoms with Crippen LogP contribution in [0.1, 0.15) is 31.4 Å². The Balaban J connectivity index is 1.97. The number of halogens is 3. The van der Waals surface area contributed by atoms with E-state index in [1.54, 1.807) is 6.92 Å². The lowest BCUT2D eigenvalue weighted by atomic mass is 10.1. The van der Waals surface area contributed by atoms with Gasteiger partial charge in [0.2, 0.25) is 0 Å². The van der Waals surface area contributed by atoms with E-state index in [2.05, 4.69) is 21.2 Å². The monoisotopic (exact) mass is 494 g/mol. The molecule has 1 atom stereocenters. The van der Waals surface area contributed by atoms with Crippen LogP contribution in [0, 0.1) is 0 Å². The maximum Gasteiger partial charge on any atom is 0.418 e. The summed E-state index contributed by atoms with van der Waals surface area (Å²) in [6.07, 6.45) is -2.69. The highest BCUT2D eigenvalue weighted by atomic mass is 19.4.